The number of para-hydroxylation sites is 1. The first-order chi connectivity index (χ1) is 41.6. The van der Waals surface area contributed by atoms with Crippen LogP contribution in [0, 0.1) is 12.3 Å². The maximum atomic E-state index is 14.9. The van der Waals surface area contributed by atoms with Crippen molar-refractivity contribution in [3.05, 3.63) is 36.0 Å². The smallest absolute Gasteiger partial charge is 0.243 e. The second kappa shape index (κ2) is 42.6. The molecule has 1 aromatic carbocycles. The lowest BCUT2D eigenvalue weighted by molar-refractivity contribution is -0.136. The number of nitrogens with zero attached hydrogens (tertiary/aromatic N) is 2. The first-order valence-electron chi connectivity index (χ1n) is 29.2. The minimum Gasteiger partial charge on any atom is -0.370 e. The number of likely N-dealkylation sites (N-methyl/N-ethyl adjacent to an activating group) is 1. The Morgan fingerprint density at radius 2 is 0.920 bits per heavy atom. The fourth-order valence-electron chi connectivity index (χ4n) is 9.01. The second-order valence-electron chi connectivity index (χ2n) is 20.6. The third-order valence-electron chi connectivity index (χ3n) is 13.7. The van der Waals surface area contributed by atoms with Crippen molar-refractivity contribution in [2.24, 2.45) is 55.9 Å². The lowest BCUT2D eigenvalue weighted by Crippen LogP contribution is -2.60. The molecule has 0 aliphatic carbocycles. The number of guanidine groups is 2. The normalized spacial score (nSPS) is 13.7. The van der Waals surface area contributed by atoms with E-state index in [-0.39, 0.29) is 102 Å². The van der Waals surface area contributed by atoms with E-state index in [0.29, 0.717) is 62.9 Å². The summed E-state index contributed by atoms with van der Waals surface area (Å²) in [7, 11) is 1.29. The van der Waals surface area contributed by atoms with Crippen LogP contribution in [0.4, 0.5) is 0 Å². The summed E-state index contributed by atoms with van der Waals surface area (Å²) in [6.45, 7) is 0.946. The summed E-state index contributed by atoms with van der Waals surface area (Å²) in [4.78, 5) is 149. The molecule has 0 aliphatic heterocycles. The fraction of sp³-hybridized carbons (Fsp3) is 0.607. The molecule has 30 nitrogen and oxygen atoms in total. The number of fused-ring (bicyclic) bond motifs is 1. The summed E-state index contributed by atoms with van der Waals surface area (Å²) >= 11 is 1.36. The van der Waals surface area contributed by atoms with Crippen LogP contribution in [0.1, 0.15) is 115 Å². The highest BCUT2D eigenvalue weighted by molar-refractivity contribution is 7.98. The number of hydrogen-bond acceptors (Lipinski definition) is 16. The van der Waals surface area contributed by atoms with E-state index >= 15 is 0 Å². The van der Waals surface area contributed by atoms with Gasteiger partial charge in [0.05, 0.1) is 6.42 Å². The van der Waals surface area contributed by atoms with Gasteiger partial charge in [0.25, 0.3) is 0 Å². The Bertz CT molecular complexity index is 2640. The molecule has 0 unspecified atom stereocenters. The van der Waals surface area contributed by atoms with Gasteiger partial charge in [-0.3, -0.25) is 57.9 Å². The summed E-state index contributed by atoms with van der Waals surface area (Å²) in [5.74, 6) is -5.32. The van der Waals surface area contributed by atoms with Gasteiger partial charge in [-0.1, -0.05) is 18.2 Å². The molecule has 10 amide bonds. The van der Waals surface area contributed by atoms with E-state index in [1.807, 2.05) is 24.3 Å². The van der Waals surface area contributed by atoms with E-state index in [9.17, 15) is 47.9 Å². The van der Waals surface area contributed by atoms with E-state index < -0.39 is 114 Å². The molecule has 31 heteroatoms. The number of primary amides is 1. The van der Waals surface area contributed by atoms with Crippen LogP contribution in [0.15, 0.2) is 40.4 Å². The molecule has 0 radical (unpaired) electrons. The molecule has 0 bridgehead atoms. The van der Waals surface area contributed by atoms with Gasteiger partial charge in [-0.15, -0.1) is 12.3 Å². The van der Waals surface area contributed by atoms with Gasteiger partial charge >= 0.3 is 0 Å². The number of aromatic nitrogens is 1. The van der Waals surface area contributed by atoms with Crippen LogP contribution in [0.5, 0.6) is 0 Å². The van der Waals surface area contributed by atoms with Gasteiger partial charge in [0, 0.05) is 56.5 Å². The fourth-order valence-corrected chi connectivity index (χ4v) is 9.48. The number of benzene rings is 1. The molecule has 26 N–H and O–H groups in total. The molecule has 0 fully saturated rings. The van der Waals surface area contributed by atoms with Crippen molar-refractivity contribution in [1.29, 1.82) is 0 Å². The Morgan fingerprint density at radius 3 is 1.32 bits per heavy atom. The highest BCUT2D eigenvalue weighted by Crippen LogP contribution is 2.20. The van der Waals surface area contributed by atoms with Crippen LogP contribution in [0.3, 0.4) is 0 Å². The average molecular weight is 1240 g/mol. The van der Waals surface area contributed by atoms with Crippen molar-refractivity contribution < 1.29 is 47.9 Å². The van der Waals surface area contributed by atoms with Gasteiger partial charge in [-0.25, -0.2) is 0 Å². The summed E-state index contributed by atoms with van der Waals surface area (Å²) in [5, 5.41) is 24.8. The largest absolute Gasteiger partial charge is 0.370 e. The zero-order valence-electron chi connectivity index (χ0n) is 50.1. The molecule has 1 heterocycles. The molecule has 8 atom stereocenters. The third kappa shape index (κ3) is 29.6. The van der Waals surface area contributed by atoms with Crippen molar-refractivity contribution in [3.63, 3.8) is 0 Å². The van der Waals surface area contributed by atoms with Gasteiger partial charge in [-0.2, -0.15) is 11.8 Å². The number of carbonyl (C=O) groups is 10. The highest BCUT2D eigenvalue weighted by atomic mass is 32.2. The molecule has 1 aromatic heterocycles. The van der Waals surface area contributed by atoms with Crippen molar-refractivity contribution in [3.8, 4) is 12.3 Å². The monoisotopic (exact) mass is 1240 g/mol. The molecule has 484 valence electrons. The quantitative estimate of drug-likeness (QED) is 0.0130. The minimum atomic E-state index is -1.41. The zero-order valence-corrected chi connectivity index (χ0v) is 50.9. The van der Waals surface area contributed by atoms with E-state index in [2.05, 4.69) is 68.7 Å². The molecule has 2 aromatic rings. The van der Waals surface area contributed by atoms with Gasteiger partial charge < -0.3 is 98.7 Å². The lowest BCUT2D eigenvalue weighted by Gasteiger charge is -2.28. The van der Waals surface area contributed by atoms with Crippen LogP contribution < -0.4 is 93.7 Å². The summed E-state index contributed by atoms with van der Waals surface area (Å²) in [5.41, 5.74) is 46.3. The number of aromatic amines is 1. The molecular weight excluding hydrogens is 1140 g/mol. The van der Waals surface area contributed by atoms with E-state index in [1.165, 1.54) is 18.8 Å². The number of amides is 10. The molecule has 0 saturated carbocycles. The zero-order chi connectivity index (χ0) is 64.7. The number of nitrogens with one attached hydrogen (secondary N) is 10. The topological polar surface area (TPSA) is 528 Å². The van der Waals surface area contributed by atoms with E-state index in [0.717, 1.165) is 10.9 Å². The third-order valence-corrected chi connectivity index (χ3v) is 14.3. The maximum absolute atomic E-state index is 14.9. The Morgan fingerprint density at radius 1 is 0.529 bits per heavy atom. The summed E-state index contributed by atoms with van der Waals surface area (Å²) in [6, 6.07) is -3.16. The van der Waals surface area contributed by atoms with Crippen LogP contribution in [-0.2, 0) is 54.4 Å². The Balaban J connectivity index is 2.63. The predicted molar refractivity (Wildman–Crippen MR) is 335 cm³/mol. The molecule has 2 rings (SSSR count). The lowest BCUT2D eigenvalue weighted by atomic mass is 10.0. The van der Waals surface area contributed by atoms with Crippen LogP contribution >= 0.6 is 11.8 Å². The molecule has 0 spiro atoms. The number of aliphatic imine (C=N–C) groups is 2. The van der Waals surface area contributed by atoms with Crippen LogP contribution in [0.2, 0.25) is 0 Å². The highest BCUT2D eigenvalue weighted by Gasteiger charge is 2.35. The molecule has 0 aliphatic rings. The molecule has 87 heavy (non-hydrogen) atoms. The first-order valence-corrected chi connectivity index (χ1v) is 30.6. The number of H-pyrrole nitrogens is 1. The number of rotatable bonds is 45. The number of nitrogens with two attached hydrogens (primary N) is 8. The van der Waals surface area contributed by atoms with Crippen molar-refractivity contribution >= 4 is 93.7 Å². The SMILES string of the molecule is C#CCCC(=O)N[C@@H](CCCCN)C(=O)N[C@@H](CCCCN)C(=O)N[C@@H](Cc1c[nH]c2ccccc12)C(=O)N[C@@H](CCCCN)C(=O)N[C@@H](CCSC)C(=O)N[C@@H](CCCN=C(N)N)C(=O)N[C@@H](CCCN=C(N)N)C(=O)N[C@@H](CC(N)=O)C(=O)NC. The van der Waals surface area contributed by atoms with Crippen molar-refractivity contribution in [2.45, 2.75) is 164 Å². The van der Waals surface area contributed by atoms with Crippen LogP contribution in [0.25, 0.3) is 10.9 Å². The number of thioether (sulfide) groups is 1. The Labute approximate surface area is 512 Å². The number of hydrogen-bond donors (Lipinski definition) is 18. The summed E-state index contributed by atoms with van der Waals surface area (Å²) < 4.78 is 0. The second-order valence-corrected chi connectivity index (χ2v) is 21.6. The standard InChI is InChI=1S/C56H94N20O10S/c1-4-5-23-46(78)69-37(18-8-11-25-57)48(80)70-39(20-10-13-27-59)51(83)75-43(31-34-33-68-36-17-7-6-16-35(34)36)54(86)73-38(19-9-12-26-58)49(81)74-42(24-30-87-3)53(85)72-40(21-14-28-66-55(61)62)50(82)71-41(22-15-29-67-56(63)64)52(84)76-44(32-45(60)77)47(79)65-2/h1,6-7,16-17,33,37-44,68H,5,8-15,18-32,57-59H2,2-3H3,(H2,60,77)(H,65,79)(H,69,78)(H,70,80)(H,71,82)(H,72,85)(H,73,86)(H,74,81)(H,75,83)(H,76,84)(H4,61,62,66)(H4,63,64,67)/t37-,38-,39-,40-,41-,42-,43-,44-/m0/s1. The average Bonchev–Trinajstić information content (AvgIpc) is 2.98. The van der Waals surface area contributed by atoms with Gasteiger partial charge in [0.1, 0.15) is 48.3 Å². The van der Waals surface area contributed by atoms with E-state index in [1.54, 1.807) is 12.5 Å². The van der Waals surface area contributed by atoms with E-state index in [4.69, 9.17) is 52.3 Å². The van der Waals surface area contributed by atoms with Gasteiger partial charge in [0.15, 0.2) is 11.9 Å². The maximum Gasteiger partial charge on any atom is 0.243 e. The molecule has 0 saturated heterocycles. The number of carbonyl (C=O) groups excluding carboxylic acids is 10. The van der Waals surface area contributed by atoms with Gasteiger partial charge in [0.2, 0.25) is 59.1 Å². The van der Waals surface area contributed by atoms with Crippen LogP contribution in [-0.4, -0.2) is 176 Å². The van der Waals surface area contributed by atoms with Gasteiger partial charge in [-0.05, 0) is 133 Å². The van der Waals surface area contributed by atoms with Crippen molar-refractivity contribution in [2.75, 3.05) is 51.8 Å². The number of terminal acetylenes is 1. The predicted octanol–water partition coefficient (Wildman–Crippen LogP) is -4.13. The Hall–Kier alpha value is -8.21. The molecular formula is C56H94N20O10S. The summed E-state index contributed by atoms with van der Waals surface area (Å²) in [6.07, 6.45) is 11.5. The minimum absolute atomic E-state index is 0.0251. The number of unbranched alkanes of at least 4 members (excludes halogenated alkanes) is 3. The van der Waals surface area contributed by atoms with Crippen molar-refractivity contribution in [1.82, 2.24) is 52.8 Å². The first kappa shape index (κ1) is 74.9. The Kier molecular flexibility index (Phi) is 36.7.